The lowest BCUT2D eigenvalue weighted by atomic mass is 10.1. The summed E-state index contributed by atoms with van der Waals surface area (Å²) in [5, 5.41) is 17.4. The summed E-state index contributed by atoms with van der Waals surface area (Å²) in [5.41, 5.74) is 2.36. The molecule has 1 fully saturated rings. The molecule has 10 heteroatoms. The highest BCUT2D eigenvalue weighted by Crippen LogP contribution is 2.32. The average molecular weight is 490 g/mol. The number of hydrogen-bond acceptors (Lipinski definition) is 5. The number of benzene rings is 2. The Morgan fingerprint density at radius 1 is 1.17 bits per heavy atom. The topological polar surface area (TPSA) is 91.8 Å². The molecule has 1 aliphatic rings. The lowest BCUT2D eigenvalue weighted by molar-refractivity contribution is 0.0783. The predicted molar refractivity (Wildman–Crippen MR) is 131 cm³/mol. The van der Waals surface area contributed by atoms with Gasteiger partial charge in [0.2, 0.25) is 0 Å². The van der Waals surface area contributed by atoms with Crippen LogP contribution >= 0.6 is 0 Å². The molecule has 1 N–H and O–H groups in total. The number of amides is 1. The van der Waals surface area contributed by atoms with Gasteiger partial charge < -0.3 is 10.2 Å². The molecule has 0 aliphatic carbocycles. The van der Waals surface area contributed by atoms with Crippen molar-refractivity contribution in [1.29, 1.82) is 5.26 Å². The van der Waals surface area contributed by atoms with E-state index in [1.165, 1.54) is 18.2 Å². The summed E-state index contributed by atoms with van der Waals surface area (Å²) < 4.78 is 33.3. The molecule has 1 aliphatic heterocycles. The standard InChI is InChI=1S/C26H25F2N7O/c1-14-19-10-23(21(28)11-22(19)32-33(14)4)35-15(2)24(26(36)34-8-7-18(13-34)30-3)31-25(35)16-5-6-17(12-29)20(27)9-16/h5-6,9-11,18,30H,7-8,13H2,1-4H3/t18-/m0/s1. The number of carbonyl (C=O) groups excluding carboxylic acids is 1. The zero-order valence-corrected chi connectivity index (χ0v) is 20.4. The molecule has 0 bridgehead atoms. The van der Waals surface area contributed by atoms with Gasteiger partial charge in [0.1, 0.15) is 29.2 Å². The number of carbonyl (C=O) groups is 1. The highest BCUT2D eigenvalue weighted by Gasteiger charge is 2.31. The maximum Gasteiger partial charge on any atom is 0.274 e. The Morgan fingerprint density at radius 3 is 2.61 bits per heavy atom. The molecule has 1 amide bonds. The van der Waals surface area contributed by atoms with Crippen molar-refractivity contribution in [2.75, 3.05) is 20.1 Å². The predicted octanol–water partition coefficient (Wildman–Crippen LogP) is 3.63. The zero-order chi connectivity index (χ0) is 25.7. The molecule has 36 heavy (non-hydrogen) atoms. The molecule has 0 radical (unpaired) electrons. The Balaban J connectivity index is 1.73. The van der Waals surface area contributed by atoms with Crippen LogP contribution in [0.2, 0.25) is 0 Å². The number of hydrogen-bond donors (Lipinski definition) is 1. The van der Waals surface area contributed by atoms with Crippen LogP contribution in [0, 0.1) is 36.8 Å². The maximum absolute atomic E-state index is 15.5. The highest BCUT2D eigenvalue weighted by molar-refractivity contribution is 5.95. The Hall–Kier alpha value is -4.10. The molecule has 8 nitrogen and oxygen atoms in total. The monoisotopic (exact) mass is 489 g/mol. The Bertz CT molecular complexity index is 1560. The van der Waals surface area contributed by atoms with Gasteiger partial charge in [0.15, 0.2) is 0 Å². The molecule has 2 aromatic heterocycles. The van der Waals surface area contributed by atoms with Crippen LogP contribution in [-0.2, 0) is 7.05 Å². The summed E-state index contributed by atoms with van der Waals surface area (Å²) in [6.45, 7) is 4.70. The van der Waals surface area contributed by atoms with Crippen molar-refractivity contribution in [1.82, 2.24) is 29.5 Å². The minimum absolute atomic E-state index is 0.112. The van der Waals surface area contributed by atoms with E-state index in [1.807, 2.05) is 14.0 Å². The quantitative estimate of drug-likeness (QED) is 0.473. The van der Waals surface area contributed by atoms with Crippen molar-refractivity contribution in [2.45, 2.75) is 26.3 Å². The summed E-state index contributed by atoms with van der Waals surface area (Å²) in [6, 6.07) is 9.10. The van der Waals surface area contributed by atoms with Crippen LogP contribution in [0.1, 0.15) is 33.9 Å². The zero-order valence-electron chi connectivity index (χ0n) is 20.4. The van der Waals surface area contributed by atoms with Crippen LogP contribution in [0.4, 0.5) is 8.78 Å². The fourth-order valence-corrected chi connectivity index (χ4v) is 4.77. The van der Waals surface area contributed by atoms with E-state index in [9.17, 15) is 9.18 Å². The Labute approximate surface area is 206 Å². The van der Waals surface area contributed by atoms with Crippen molar-refractivity contribution in [3.05, 3.63) is 64.6 Å². The molecule has 1 saturated heterocycles. The molecule has 4 aromatic rings. The van der Waals surface area contributed by atoms with E-state index < -0.39 is 11.6 Å². The van der Waals surface area contributed by atoms with E-state index in [0.29, 0.717) is 29.9 Å². The molecular formula is C26H25F2N7O. The second kappa shape index (κ2) is 8.84. The highest BCUT2D eigenvalue weighted by atomic mass is 19.1. The van der Waals surface area contributed by atoms with Crippen LogP contribution in [-0.4, -0.2) is 56.3 Å². The summed E-state index contributed by atoms with van der Waals surface area (Å²) >= 11 is 0. The number of fused-ring (bicyclic) bond motifs is 1. The average Bonchev–Trinajstić information content (AvgIpc) is 3.55. The number of imidazole rings is 1. The lowest BCUT2D eigenvalue weighted by Gasteiger charge is -2.16. The van der Waals surface area contributed by atoms with Gasteiger partial charge in [0.25, 0.3) is 5.91 Å². The minimum Gasteiger partial charge on any atom is -0.336 e. The second-order valence-corrected chi connectivity index (χ2v) is 9.07. The van der Waals surface area contributed by atoms with Crippen LogP contribution in [0.25, 0.3) is 28.0 Å². The summed E-state index contributed by atoms with van der Waals surface area (Å²) in [4.78, 5) is 19.8. The van der Waals surface area contributed by atoms with E-state index in [1.54, 1.807) is 46.3 Å². The van der Waals surface area contributed by atoms with Crippen molar-refractivity contribution in [3.63, 3.8) is 0 Å². The number of aromatic nitrogens is 4. The van der Waals surface area contributed by atoms with Gasteiger partial charge in [-0.3, -0.25) is 14.0 Å². The number of nitrogens with one attached hydrogen (secondary N) is 1. The third-order valence-corrected chi connectivity index (χ3v) is 6.98. The first kappa shape index (κ1) is 23.6. The SMILES string of the molecule is CN[C@H]1CCN(C(=O)c2nc(-c3ccc(C#N)c(F)c3)n(-c3cc4c(C)n(C)nc4cc3F)c2C)C1. The Morgan fingerprint density at radius 2 is 1.94 bits per heavy atom. The minimum atomic E-state index is -0.717. The third-order valence-electron chi connectivity index (χ3n) is 6.98. The van der Waals surface area contributed by atoms with E-state index in [-0.39, 0.29) is 34.7 Å². The van der Waals surface area contributed by atoms with Crippen molar-refractivity contribution < 1.29 is 13.6 Å². The summed E-state index contributed by atoms with van der Waals surface area (Å²) in [7, 11) is 3.64. The van der Waals surface area contributed by atoms with Gasteiger partial charge in [0, 0.05) is 48.9 Å². The first-order valence-corrected chi connectivity index (χ1v) is 11.6. The van der Waals surface area contributed by atoms with E-state index in [0.717, 1.165) is 17.5 Å². The first-order valence-electron chi connectivity index (χ1n) is 11.6. The van der Waals surface area contributed by atoms with E-state index >= 15 is 4.39 Å². The van der Waals surface area contributed by atoms with E-state index in [2.05, 4.69) is 15.4 Å². The molecule has 0 unspecified atom stereocenters. The van der Waals surface area contributed by atoms with Gasteiger partial charge in [-0.05, 0) is 51.6 Å². The molecule has 0 spiro atoms. The summed E-state index contributed by atoms with van der Waals surface area (Å²) in [6.07, 6.45) is 0.821. The van der Waals surface area contributed by atoms with Gasteiger partial charge in [0.05, 0.1) is 22.5 Å². The number of rotatable bonds is 4. The van der Waals surface area contributed by atoms with Gasteiger partial charge in [-0.1, -0.05) is 0 Å². The fourth-order valence-electron chi connectivity index (χ4n) is 4.77. The number of likely N-dealkylation sites (tertiary alicyclic amines) is 1. The largest absolute Gasteiger partial charge is 0.336 e. The molecular weight excluding hydrogens is 464 g/mol. The number of halogens is 2. The maximum atomic E-state index is 15.5. The first-order chi connectivity index (χ1) is 17.2. The van der Waals surface area contributed by atoms with Gasteiger partial charge in [-0.25, -0.2) is 13.8 Å². The van der Waals surface area contributed by atoms with Gasteiger partial charge in [-0.15, -0.1) is 0 Å². The third kappa shape index (κ3) is 3.72. The van der Waals surface area contributed by atoms with E-state index in [4.69, 9.17) is 5.26 Å². The number of aryl methyl sites for hydroxylation is 2. The normalized spacial score (nSPS) is 15.6. The number of nitriles is 1. The molecule has 1 atom stereocenters. The lowest BCUT2D eigenvalue weighted by Crippen LogP contribution is -2.34. The number of nitrogens with zero attached hydrogens (tertiary/aromatic N) is 6. The molecule has 184 valence electrons. The van der Waals surface area contributed by atoms with Crippen molar-refractivity contribution in [2.24, 2.45) is 7.05 Å². The van der Waals surface area contributed by atoms with Crippen LogP contribution in [0.5, 0.6) is 0 Å². The number of likely N-dealkylation sites (N-methyl/N-ethyl adjacent to an activating group) is 1. The molecule has 5 rings (SSSR count). The summed E-state index contributed by atoms with van der Waals surface area (Å²) in [5.74, 6) is -1.32. The Kier molecular flexibility index (Phi) is 5.80. The molecule has 3 heterocycles. The second-order valence-electron chi connectivity index (χ2n) is 9.07. The van der Waals surface area contributed by atoms with Crippen molar-refractivity contribution in [3.8, 4) is 23.1 Å². The molecule has 2 aromatic carbocycles. The van der Waals surface area contributed by atoms with Crippen LogP contribution < -0.4 is 5.32 Å². The molecule has 0 saturated carbocycles. The fraction of sp³-hybridized carbons (Fsp3) is 0.308. The van der Waals surface area contributed by atoms with Crippen LogP contribution in [0.3, 0.4) is 0 Å². The van der Waals surface area contributed by atoms with Gasteiger partial charge >= 0.3 is 0 Å². The van der Waals surface area contributed by atoms with Crippen molar-refractivity contribution >= 4 is 16.8 Å². The smallest absolute Gasteiger partial charge is 0.274 e. The van der Waals surface area contributed by atoms with Crippen LogP contribution in [0.15, 0.2) is 30.3 Å². The van der Waals surface area contributed by atoms with Gasteiger partial charge in [-0.2, -0.15) is 10.4 Å².